The smallest absolute Gasteiger partial charge is 0.346 e. The van der Waals surface area contributed by atoms with Crippen molar-refractivity contribution in [1.82, 2.24) is 0 Å². The summed E-state index contributed by atoms with van der Waals surface area (Å²) >= 11 is 0. The molecule has 0 fully saturated rings. The van der Waals surface area contributed by atoms with Gasteiger partial charge in [-0.1, -0.05) is 6.07 Å². The molecule has 1 atom stereocenters. The zero-order valence-corrected chi connectivity index (χ0v) is 13.5. The summed E-state index contributed by atoms with van der Waals surface area (Å²) < 4.78 is 28.4. The van der Waals surface area contributed by atoms with Crippen molar-refractivity contribution in [2.24, 2.45) is 0 Å². The summed E-state index contributed by atoms with van der Waals surface area (Å²) in [6.07, 6.45) is -1.04. The summed E-state index contributed by atoms with van der Waals surface area (Å²) in [6, 6.07) is 9.87. The van der Waals surface area contributed by atoms with E-state index in [9.17, 15) is 14.0 Å². The van der Waals surface area contributed by atoms with Gasteiger partial charge in [-0.15, -0.1) is 0 Å². The Balaban J connectivity index is 2.20. The number of ketones is 1. The Labute approximate surface area is 139 Å². The monoisotopic (exact) mass is 332 g/mol. The van der Waals surface area contributed by atoms with Crippen LogP contribution in [0, 0.1) is 5.82 Å². The van der Waals surface area contributed by atoms with Crippen LogP contribution in [0.5, 0.6) is 11.5 Å². The van der Waals surface area contributed by atoms with Crippen LogP contribution >= 0.6 is 0 Å². The summed E-state index contributed by atoms with van der Waals surface area (Å²) in [5.41, 5.74) is 0.352. The summed E-state index contributed by atoms with van der Waals surface area (Å²) in [6.45, 7) is 1.45. The summed E-state index contributed by atoms with van der Waals surface area (Å²) in [7, 11) is 2.83. The van der Waals surface area contributed by atoms with Gasteiger partial charge in [-0.2, -0.15) is 0 Å². The van der Waals surface area contributed by atoms with Crippen molar-refractivity contribution in [1.29, 1.82) is 0 Å². The molecule has 0 N–H and O–H groups in total. The third kappa shape index (κ3) is 3.71. The number of ether oxygens (including phenoxy) is 3. The topological polar surface area (TPSA) is 61.8 Å². The zero-order chi connectivity index (χ0) is 17.7. The van der Waals surface area contributed by atoms with Gasteiger partial charge >= 0.3 is 5.97 Å². The van der Waals surface area contributed by atoms with Gasteiger partial charge in [0.2, 0.25) is 5.78 Å². The average Bonchev–Trinajstić information content (AvgIpc) is 2.60. The zero-order valence-electron chi connectivity index (χ0n) is 13.5. The van der Waals surface area contributed by atoms with Crippen LogP contribution in [-0.2, 0) is 4.74 Å². The number of hydrogen-bond donors (Lipinski definition) is 0. The molecular formula is C18H17FO5. The molecule has 6 heteroatoms. The number of halogens is 1. The van der Waals surface area contributed by atoms with E-state index in [0.29, 0.717) is 0 Å². The van der Waals surface area contributed by atoms with E-state index in [1.54, 1.807) is 18.2 Å². The predicted octanol–water partition coefficient (Wildman–Crippen LogP) is 3.27. The van der Waals surface area contributed by atoms with Crippen molar-refractivity contribution in [2.75, 3.05) is 14.2 Å². The van der Waals surface area contributed by atoms with E-state index >= 15 is 0 Å². The number of methoxy groups -OCH3 is 2. The number of carbonyl (C=O) groups is 2. The maximum absolute atomic E-state index is 12.9. The van der Waals surface area contributed by atoms with E-state index in [0.717, 1.165) is 0 Å². The number of rotatable bonds is 6. The third-order valence-corrected chi connectivity index (χ3v) is 3.41. The van der Waals surface area contributed by atoms with E-state index in [4.69, 9.17) is 14.2 Å². The lowest BCUT2D eigenvalue weighted by molar-refractivity contribution is 0.0312. The van der Waals surface area contributed by atoms with Crippen LogP contribution in [0.15, 0.2) is 42.5 Å². The summed E-state index contributed by atoms with van der Waals surface area (Å²) in [5.74, 6) is -1.07. The minimum absolute atomic E-state index is 0.0984. The average molecular weight is 332 g/mol. The van der Waals surface area contributed by atoms with E-state index in [-0.39, 0.29) is 22.6 Å². The Kier molecular flexibility index (Phi) is 5.52. The first-order chi connectivity index (χ1) is 11.5. The van der Waals surface area contributed by atoms with Crippen LogP contribution < -0.4 is 9.47 Å². The maximum atomic E-state index is 12.9. The highest BCUT2D eigenvalue weighted by atomic mass is 19.1. The first-order valence-corrected chi connectivity index (χ1v) is 7.19. The highest BCUT2D eigenvalue weighted by molar-refractivity contribution is 6.02. The Morgan fingerprint density at radius 1 is 0.958 bits per heavy atom. The fourth-order valence-corrected chi connectivity index (χ4v) is 2.17. The molecule has 2 rings (SSSR count). The molecule has 2 aromatic rings. The van der Waals surface area contributed by atoms with Crippen LogP contribution in [0.3, 0.4) is 0 Å². The van der Waals surface area contributed by atoms with Gasteiger partial charge in [-0.05, 0) is 43.3 Å². The molecule has 0 saturated heterocycles. The number of carbonyl (C=O) groups excluding carboxylic acids is 2. The lowest BCUT2D eigenvalue weighted by Gasteiger charge is -2.16. The Bertz CT molecular complexity index is 717. The second-order valence-corrected chi connectivity index (χ2v) is 4.96. The lowest BCUT2D eigenvalue weighted by atomic mass is 10.1. The van der Waals surface area contributed by atoms with Gasteiger partial charge in [0.15, 0.2) is 6.10 Å². The molecule has 0 aromatic heterocycles. The largest absolute Gasteiger partial charge is 0.496 e. The molecule has 0 saturated carbocycles. The van der Waals surface area contributed by atoms with Crippen LogP contribution in [-0.4, -0.2) is 32.1 Å². The van der Waals surface area contributed by atoms with Crippen LogP contribution in [0.4, 0.5) is 4.39 Å². The van der Waals surface area contributed by atoms with Gasteiger partial charge in [0, 0.05) is 5.56 Å². The van der Waals surface area contributed by atoms with Crippen LogP contribution in [0.1, 0.15) is 27.6 Å². The maximum Gasteiger partial charge on any atom is 0.346 e. The SMILES string of the molecule is COc1cccc(OC)c1C(=O)O[C@@H](C)C(=O)c1ccc(F)cc1. The molecule has 126 valence electrons. The molecule has 24 heavy (non-hydrogen) atoms. The number of Topliss-reactive ketones (excluding diaryl/α,β-unsaturated/α-hetero) is 1. The van der Waals surface area contributed by atoms with Gasteiger partial charge in [-0.3, -0.25) is 4.79 Å². The van der Waals surface area contributed by atoms with E-state index in [1.165, 1.54) is 45.4 Å². The van der Waals surface area contributed by atoms with Crippen molar-refractivity contribution in [3.05, 3.63) is 59.4 Å². The Morgan fingerprint density at radius 2 is 1.50 bits per heavy atom. The second-order valence-electron chi connectivity index (χ2n) is 4.96. The summed E-state index contributed by atoms with van der Waals surface area (Å²) in [4.78, 5) is 24.7. The molecule has 0 radical (unpaired) electrons. The van der Waals surface area contributed by atoms with E-state index in [2.05, 4.69) is 0 Å². The van der Waals surface area contributed by atoms with E-state index < -0.39 is 23.7 Å². The standard InChI is InChI=1S/C18H17FO5/c1-11(17(20)12-7-9-13(19)10-8-12)24-18(21)16-14(22-2)5-4-6-15(16)23-3/h4-11H,1-3H3/t11-/m0/s1. The molecule has 0 heterocycles. The Morgan fingerprint density at radius 3 is 2.00 bits per heavy atom. The quantitative estimate of drug-likeness (QED) is 0.600. The van der Waals surface area contributed by atoms with Gasteiger partial charge in [-0.25, -0.2) is 9.18 Å². The molecule has 0 unspecified atom stereocenters. The molecule has 0 aliphatic heterocycles. The minimum atomic E-state index is -1.04. The fraction of sp³-hybridized carbons (Fsp3) is 0.222. The summed E-state index contributed by atoms with van der Waals surface area (Å²) in [5, 5.41) is 0. The Hall–Kier alpha value is -2.89. The molecule has 0 bridgehead atoms. The van der Waals surface area contributed by atoms with Crippen molar-refractivity contribution < 1.29 is 28.2 Å². The number of benzene rings is 2. The molecular weight excluding hydrogens is 315 g/mol. The minimum Gasteiger partial charge on any atom is -0.496 e. The van der Waals surface area contributed by atoms with Gasteiger partial charge in [0.25, 0.3) is 0 Å². The van der Waals surface area contributed by atoms with Crippen LogP contribution in [0.25, 0.3) is 0 Å². The van der Waals surface area contributed by atoms with Gasteiger partial charge in [0.1, 0.15) is 22.9 Å². The third-order valence-electron chi connectivity index (χ3n) is 3.41. The molecule has 0 spiro atoms. The van der Waals surface area contributed by atoms with Crippen molar-refractivity contribution in [3.8, 4) is 11.5 Å². The van der Waals surface area contributed by atoms with Crippen LogP contribution in [0.2, 0.25) is 0 Å². The predicted molar refractivity (Wildman–Crippen MR) is 85.2 cm³/mol. The first-order valence-electron chi connectivity index (χ1n) is 7.19. The molecule has 5 nitrogen and oxygen atoms in total. The normalized spacial score (nSPS) is 11.5. The molecule has 0 aliphatic rings. The number of hydrogen-bond acceptors (Lipinski definition) is 5. The first kappa shape index (κ1) is 17.5. The number of esters is 1. The lowest BCUT2D eigenvalue weighted by Crippen LogP contribution is -2.25. The van der Waals surface area contributed by atoms with Gasteiger partial charge < -0.3 is 14.2 Å². The fourth-order valence-electron chi connectivity index (χ4n) is 2.17. The van der Waals surface area contributed by atoms with Crippen molar-refractivity contribution in [3.63, 3.8) is 0 Å². The van der Waals surface area contributed by atoms with E-state index in [1.807, 2.05) is 0 Å². The second kappa shape index (κ2) is 7.59. The van der Waals surface area contributed by atoms with Gasteiger partial charge in [0.05, 0.1) is 14.2 Å². The molecule has 0 aliphatic carbocycles. The van der Waals surface area contributed by atoms with Crippen molar-refractivity contribution >= 4 is 11.8 Å². The highest BCUT2D eigenvalue weighted by Gasteiger charge is 2.25. The highest BCUT2D eigenvalue weighted by Crippen LogP contribution is 2.29. The molecule has 2 aromatic carbocycles. The van der Waals surface area contributed by atoms with Crippen molar-refractivity contribution in [2.45, 2.75) is 13.0 Å². The molecule has 0 amide bonds.